The molecule has 4 nitrogen and oxygen atoms in total. The van der Waals surface area contributed by atoms with Gasteiger partial charge in [-0.15, -0.1) is 0 Å². The molecular weight excluding hydrogens is 340 g/mol. The van der Waals surface area contributed by atoms with E-state index in [0.29, 0.717) is 6.61 Å². The van der Waals surface area contributed by atoms with E-state index < -0.39 is 18.4 Å². The molecule has 136 valence electrons. The van der Waals surface area contributed by atoms with Crippen molar-refractivity contribution in [3.63, 3.8) is 0 Å². The van der Waals surface area contributed by atoms with Crippen molar-refractivity contribution in [2.45, 2.75) is 57.6 Å². The second kappa shape index (κ2) is 7.95. The highest BCUT2D eigenvalue weighted by Gasteiger charge is 2.36. The molecule has 1 aromatic rings. The normalized spacial score (nSPS) is 14.0. The summed E-state index contributed by atoms with van der Waals surface area (Å²) >= 11 is 0. The molecule has 0 N–H and O–H groups in total. The van der Waals surface area contributed by atoms with Gasteiger partial charge in [-0.3, -0.25) is 4.18 Å². The molecule has 1 aromatic carbocycles. The van der Waals surface area contributed by atoms with Crippen LogP contribution >= 0.6 is 0 Å². The quantitative estimate of drug-likeness (QED) is 0.398. The number of aryl methyl sites for hydroxylation is 1. The van der Waals surface area contributed by atoms with Crippen molar-refractivity contribution in [1.29, 1.82) is 0 Å². The van der Waals surface area contributed by atoms with Crippen molar-refractivity contribution < 1.29 is 17.0 Å². The van der Waals surface area contributed by atoms with Gasteiger partial charge in [0.1, 0.15) is 0 Å². The summed E-state index contributed by atoms with van der Waals surface area (Å²) in [6, 6.07) is 6.63. The molecule has 0 saturated carbocycles. The van der Waals surface area contributed by atoms with Crippen molar-refractivity contribution in [2.24, 2.45) is 0 Å². The van der Waals surface area contributed by atoms with E-state index in [1.165, 1.54) is 0 Å². The van der Waals surface area contributed by atoms with Crippen LogP contribution < -0.4 is 0 Å². The smallest absolute Gasteiger partial charge is 0.297 e. The molecule has 0 atom stereocenters. The van der Waals surface area contributed by atoms with Crippen LogP contribution in [0.5, 0.6) is 0 Å². The summed E-state index contributed by atoms with van der Waals surface area (Å²) in [4.78, 5) is 0.179. The van der Waals surface area contributed by atoms with Crippen molar-refractivity contribution in [3.05, 3.63) is 41.5 Å². The van der Waals surface area contributed by atoms with Gasteiger partial charge < -0.3 is 4.43 Å². The molecule has 0 aliphatic rings. The minimum absolute atomic E-state index is 0.0388. The van der Waals surface area contributed by atoms with Gasteiger partial charge in [0, 0.05) is 0 Å². The highest BCUT2D eigenvalue weighted by atomic mass is 32.2. The van der Waals surface area contributed by atoms with Gasteiger partial charge in [0.05, 0.1) is 18.1 Å². The molecule has 1 rings (SSSR count). The van der Waals surface area contributed by atoms with E-state index in [0.717, 1.165) is 11.1 Å². The Kier molecular flexibility index (Phi) is 6.99. The third-order valence-electron chi connectivity index (χ3n) is 4.43. The maximum absolute atomic E-state index is 12.1. The summed E-state index contributed by atoms with van der Waals surface area (Å²) < 4.78 is 35.5. The van der Waals surface area contributed by atoms with Gasteiger partial charge in [-0.1, -0.05) is 44.5 Å². The molecule has 0 saturated heterocycles. The minimum Gasteiger partial charge on any atom is -0.413 e. The summed E-state index contributed by atoms with van der Waals surface area (Å²) in [5.41, 5.74) is 1.84. The third-order valence-corrected chi connectivity index (χ3v) is 10.2. The van der Waals surface area contributed by atoms with Gasteiger partial charge >= 0.3 is 0 Å². The zero-order valence-electron chi connectivity index (χ0n) is 15.8. The molecule has 0 amide bonds. The third kappa shape index (κ3) is 6.16. The molecular formula is C18H30O4SSi. The molecule has 0 heterocycles. The van der Waals surface area contributed by atoms with E-state index >= 15 is 0 Å². The minimum atomic E-state index is -3.72. The predicted octanol–water partition coefficient (Wildman–Crippen LogP) is 4.67. The first-order valence-corrected chi connectivity index (χ1v) is 12.4. The van der Waals surface area contributed by atoms with Crippen LogP contribution in [0.4, 0.5) is 0 Å². The molecule has 0 spiro atoms. The number of hydrogen-bond donors (Lipinski definition) is 0. The lowest BCUT2D eigenvalue weighted by atomic mass is 10.2. The fourth-order valence-corrected chi connectivity index (χ4v) is 3.49. The Labute approximate surface area is 148 Å². The van der Waals surface area contributed by atoms with E-state index in [2.05, 4.69) is 33.9 Å². The SMILES string of the molecule is C/C(=C\CO[Si](C)(C)C(C)(C)C)COS(=O)(=O)c1ccc(C)cc1. The fourth-order valence-electron chi connectivity index (χ4n) is 1.61. The van der Waals surface area contributed by atoms with E-state index in [1.807, 2.05) is 19.9 Å². The number of rotatable bonds is 7. The summed E-state index contributed by atoms with van der Waals surface area (Å²) in [5, 5.41) is 0.153. The first-order valence-electron chi connectivity index (χ1n) is 8.11. The largest absolute Gasteiger partial charge is 0.413 e. The van der Waals surface area contributed by atoms with Crippen molar-refractivity contribution >= 4 is 18.4 Å². The van der Waals surface area contributed by atoms with Gasteiger partial charge in [0.15, 0.2) is 8.32 Å². The fraction of sp³-hybridized carbons (Fsp3) is 0.556. The van der Waals surface area contributed by atoms with Crippen molar-refractivity contribution in [2.75, 3.05) is 13.2 Å². The molecule has 0 unspecified atom stereocenters. The lowest BCUT2D eigenvalue weighted by Gasteiger charge is -2.35. The van der Waals surface area contributed by atoms with Gasteiger partial charge in [0.25, 0.3) is 10.1 Å². The van der Waals surface area contributed by atoms with Crippen molar-refractivity contribution in [1.82, 2.24) is 0 Å². The Morgan fingerprint density at radius 3 is 2.21 bits per heavy atom. The highest BCUT2D eigenvalue weighted by molar-refractivity contribution is 7.86. The Bertz CT molecular complexity index is 668. The molecule has 0 bridgehead atoms. The molecule has 0 aromatic heterocycles. The van der Waals surface area contributed by atoms with Crippen LogP contribution in [-0.4, -0.2) is 29.9 Å². The summed E-state index contributed by atoms with van der Waals surface area (Å²) in [5.74, 6) is 0. The molecule has 0 fully saturated rings. The van der Waals surface area contributed by atoms with Crippen molar-refractivity contribution in [3.8, 4) is 0 Å². The van der Waals surface area contributed by atoms with E-state index in [-0.39, 0.29) is 16.5 Å². The predicted molar refractivity (Wildman–Crippen MR) is 101 cm³/mol. The maximum atomic E-state index is 12.1. The van der Waals surface area contributed by atoms with E-state index in [1.54, 1.807) is 24.3 Å². The van der Waals surface area contributed by atoms with Gasteiger partial charge in [0.2, 0.25) is 0 Å². The van der Waals surface area contributed by atoms with Crippen LogP contribution in [0.15, 0.2) is 40.8 Å². The second-order valence-corrected chi connectivity index (χ2v) is 14.1. The topological polar surface area (TPSA) is 52.6 Å². The molecule has 6 heteroatoms. The molecule has 0 aliphatic carbocycles. The second-order valence-electron chi connectivity index (χ2n) is 7.65. The van der Waals surface area contributed by atoms with E-state index in [4.69, 9.17) is 8.61 Å². The highest BCUT2D eigenvalue weighted by Crippen LogP contribution is 2.36. The summed E-state index contributed by atoms with van der Waals surface area (Å²) in [7, 11) is -5.51. The summed E-state index contributed by atoms with van der Waals surface area (Å²) in [6.07, 6.45) is 1.89. The first-order chi connectivity index (χ1) is 10.8. The first kappa shape index (κ1) is 21.1. The average Bonchev–Trinajstić information content (AvgIpc) is 2.44. The van der Waals surface area contributed by atoms with Crippen LogP contribution in [-0.2, 0) is 18.7 Å². The van der Waals surface area contributed by atoms with Crippen LogP contribution in [0.25, 0.3) is 0 Å². The Morgan fingerprint density at radius 1 is 1.17 bits per heavy atom. The Balaban J connectivity index is 2.59. The van der Waals surface area contributed by atoms with Gasteiger partial charge in [-0.2, -0.15) is 8.42 Å². The molecule has 0 radical (unpaired) electrons. The monoisotopic (exact) mass is 370 g/mol. The van der Waals surface area contributed by atoms with E-state index in [9.17, 15) is 8.42 Å². The molecule has 0 aliphatic heterocycles. The van der Waals surface area contributed by atoms with Crippen LogP contribution in [0.2, 0.25) is 18.1 Å². The zero-order chi connectivity index (χ0) is 18.6. The maximum Gasteiger partial charge on any atom is 0.297 e. The lowest BCUT2D eigenvalue weighted by Crippen LogP contribution is -2.40. The summed E-state index contributed by atoms with van der Waals surface area (Å²) in [6.45, 7) is 15.2. The van der Waals surface area contributed by atoms with Gasteiger partial charge in [-0.05, 0) is 49.7 Å². The van der Waals surface area contributed by atoms with Crippen LogP contribution in [0.1, 0.15) is 33.3 Å². The standard InChI is InChI=1S/C18H30O4SSi/c1-15-8-10-17(11-9-15)23(19,20)21-14-16(2)12-13-22-24(6,7)18(3,4)5/h8-12H,13-14H2,1-7H3/b16-12+. The number of hydrogen-bond acceptors (Lipinski definition) is 4. The lowest BCUT2D eigenvalue weighted by molar-refractivity contribution is 0.321. The Hall–Kier alpha value is -0.953. The molecule has 24 heavy (non-hydrogen) atoms. The van der Waals surface area contributed by atoms with Gasteiger partial charge in [-0.25, -0.2) is 0 Å². The number of benzene rings is 1. The van der Waals surface area contributed by atoms with Crippen LogP contribution in [0, 0.1) is 6.92 Å². The zero-order valence-corrected chi connectivity index (χ0v) is 17.7. The average molecular weight is 371 g/mol. The Morgan fingerprint density at radius 2 is 1.71 bits per heavy atom. The van der Waals surface area contributed by atoms with Crippen LogP contribution in [0.3, 0.4) is 0 Å².